The van der Waals surface area contributed by atoms with Crippen molar-refractivity contribution in [3.8, 4) is 0 Å². The van der Waals surface area contributed by atoms with Gasteiger partial charge in [0, 0.05) is 25.1 Å². The van der Waals surface area contributed by atoms with Crippen LogP contribution in [0.2, 0.25) is 0 Å². The Labute approximate surface area is 123 Å². The smallest absolute Gasteiger partial charge is 0.225 e. The highest BCUT2D eigenvalue weighted by Crippen LogP contribution is 2.29. The molecule has 20 heavy (non-hydrogen) atoms. The van der Waals surface area contributed by atoms with Gasteiger partial charge >= 0.3 is 0 Å². The molecular formula is C14H22N4OS. The summed E-state index contributed by atoms with van der Waals surface area (Å²) in [6, 6.07) is 2.13. The summed E-state index contributed by atoms with van der Waals surface area (Å²) in [5.74, 6) is 1.56. The van der Waals surface area contributed by atoms with Crippen molar-refractivity contribution >= 4 is 33.3 Å². The Balaban J connectivity index is 2.00. The van der Waals surface area contributed by atoms with E-state index in [9.17, 15) is 0 Å². The van der Waals surface area contributed by atoms with Crippen molar-refractivity contribution in [3.05, 3.63) is 10.9 Å². The molecule has 2 aromatic rings. The van der Waals surface area contributed by atoms with Gasteiger partial charge in [-0.05, 0) is 25.8 Å². The Morgan fingerprint density at radius 3 is 2.75 bits per heavy atom. The van der Waals surface area contributed by atoms with Crippen molar-refractivity contribution in [1.29, 1.82) is 0 Å². The molecule has 0 amide bonds. The van der Waals surface area contributed by atoms with E-state index in [-0.39, 0.29) is 0 Å². The van der Waals surface area contributed by atoms with E-state index in [2.05, 4.69) is 33.6 Å². The minimum atomic E-state index is 0.291. The van der Waals surface area contributed by atoms with Crippen LogP contribution in [0.15, 0.2) is 6.07 Å². The molecule has 2 heterocycles. The number of hydrogen-bond acceptors (Lipinski definition) is 6. The molecular weight excluding hydrogens is 272 g/mol. The molecule has 0 radical (unpaired) electrons. The first-order chi connectivity index (χ1) is 9.74. The van der Waals surface area contributed by atoms with E-state index < -0.39 is 0 Å². The fraction of sp³-hybridized carbons (Fsp3) is 0.571. The maximum Gasteiger partial charge on any atom is 0.225 e. The Morgan fingerprint density at radius 1 is 1.20 bits per heavy atom. The Bertz CT molecular complexity index is 555. The minimum Gasteiger partial charge on any atom is -0.396 e. The zero-order valence-corrected chi connectivity index (χ0v) is 12.9. The topological polar surface area (TPSA) is 70.1 Å². The van der Waals surface area contributed by atoms with Crippen LogP contribution < -0.4 is 10.6 Å². The second-order valence-electron chi connectivity index (χ2n) is 4.79. The average Bonchev–Trinajstić information content (AvgIpc) is 2.82. The molecule has 0 aliphatic heterocycles. The summed E-state index contributed by atoms with van der Waals surface area (Å²) in [5, 5.41) is 16.2. The monoisotopic (exact) mass is 294 g/mol. The van der Waals surface area contributed by atoms with E-state index in [0.717, 1.165) is 48.3 Å². The predicted molar refractivity (Wildman–Crippen MR) is 85.7 cm³/mol. The van der Waals surface area contributed by atoms with Crippen molar-refractivity contribution in [1.82, 2.24) is 9.97 Å². The molecule has 3 N–H and O–H groups in total. The zero-order valence-electron chi connectivity index (χ0n) is 12.1. The van der Waals surface area contributed by atoms with E-state index in [0.29, 0.717) is 12.6 Å². The number of nitrogens with one attached hydrogen (secondary N) is 2. The molecule has 110 valence electrons. The Kier molecular flexibility index (Phi) is 5.55. The maximum atomic E-state index is 8.74. The van der Waals surface area contributed by atoms with Gasteiger partial charge in [0.15, 0.2) is 0 Å². The minimum absolute atomic E-state index is 0.291. The van der Waals surface area contributed by atoms with E-state index >= 15 is 0 Å². The van der Waals surface area contributed by atoms with E-state index in [4.69, 9.17) is 5.11 Å². The highest BCUT2D eigenvalue weighted by atomic mass is 32.1. The molecule has 0 spiro atoms. The maximum absolute atomic E-state index is 8.74. The van der Waals surface area contributed by atoms with Crippen LogP contribution in [-0.4, -0.2) is 35.3 Å². The van der Waals surface area contributed by atoms with E-state index in [1.165, 1.54) is 4.88 Å². The summed E-state index contributed by atoms with van der Waals surface area (Å²) in [5.41, 5.74) is 0. The number of aliphatic hydroxyl groups excluding tert-OH is 1. The first-order valence-electron chi connectivity index (χ1n) is 7.05. The van der Waals surface area contributed by atoms with Crippen LogP contribution in [0.1, 0.15) is 30.6 Å². The number of thiophene rings is 1. The van der Waals surface area contributed by atoms with Gasteiger partial charge in [-0.15, -0.1) is 11.3 Å². The van der Waals surface area contributed by atoms with Crippen LogP contribution in [0.4, 0.5) is 11.8 Å². The Morgan fingerprint density at radius 2 is 2.00 bits per heavy atom. The Hall–Kier alpha value is -1.40. The number of rotatable bonds is 8. The molecule has 5 nitrogen and oxygen atoms in total. The number of hydrogen-bond donors (Lipinski definition) is 3. The van der Waals surface area contributed by atoms with Crippen LogP contribution >= 0.6 is 11.3 Å². The van der Waals surface area contributed by atoms with Gasteiger partial charge in [-0.3, -0.25) is 0 Å². The number of anilines is 2. The molecule has 0 unspecified atom stereocenters. The van der Waals surface area contributed by atoms with Crippen LogP contribution in [0, 0.1) is 6.92 Å². The first-order valence-corrected chi connectivity index (χ1v) is 7.87. The van der Waals surface area contributed by atoms with Crippen molar-refractivity contribution in [2.45, 2.75) is 32.6 Å². The predicted octanol–water partition coefficient (Wildman–Crippen LogP) is 3.01. The van der Waals surface area contributed by atoms with E-state index in [1.807, 2.05) is 7.05 Å². The number of nitrogens with zero attached hydrogens (tertiary/aromatic N) is 2. The zero-order chi connectivity index (χ0) is 14.4. The summed E-state index contributed by atoms with van der Waals surface area (Å²) >= 11 is 1.69. The molecule has 0 bridgehead atoms. The third-order valence-corrected chi connectivity index (χ3v) is 4.06. The van der Waals surface area contributed by atoms with Crippen LogP contribution in [0.5, 0.6) is 0 Å². The molecule has 2 rings (SSSR count). The lowest BCUT2D eigenvalue weighted by atomic mass is 10.2. The summed E-state index contributed by atoms with van der Waals surface area (Å²) in [4.78, 5) is 11.2. The fourth-order valence-corrected chi connectivity index (χ4v) is 2.97. The molecule has 0 aromatic carbocycles. The van der Waals surface area contributed by atoms with Gasteiger partial charge in [0.2, 0.25) is 5.95 Å². The lowest BCUT2D eigenvalue weighted by molar-refractivity contribution is 0.283. The van der Waals surface area contributed by atoms with Gasteiger partial charge in [-0.2, -0.15) is 4.98 Å². The molecule has 2 aromatic heterocycles. The number of aliphatic hydroxyl groups is 1. The van der Waals surface area contributed by atoms with Gasteiger partial charge in [-0.1, -0.05) is 12.8 Å². The molecule has 0 atom stereocenters. The quantitative estimate of drug-likeness (QED) is 0.653. The summed E-state index contributed by atoms with van der Waals surface area (Å²) in [6.45, 7) is 3.28. The van der Waals surface area contributed by atoms with Gasteiger partial charge in [0.25, 0.3) is 0 Å². The molecule has 0 aliphatic carbocycles. The second kappa shape index (κ2) is 7.40. The standard InChI is InChI=1S/C14H22N4OS/c1-10-9-11-12(16-7-5-3-4-6-8-19)17-14(15-2)18-13(11)20-10/h9,19H,3-8H2,1-2H3,(H2,15,16,17,18). The average molecular weight is 294 g/mol. The van der Waals surface area contributed by atoms with Crippen LogP contribution in [-0.2, 0) is 0 Å². The van der Waals surface area contributed by atoms with Crippen LogP contribution in [0.25, 0.3) is 10.2 Å². The second-order valence-corrected chi connectivity index (χ2v) is 6.02. The van der Waals surface area contributed by atoms with Crippen molar-refractivity contribution in [3.63, 3.8) is 0 Å². The third-order valence-electron chi connectivity index (χ3n) is 3.12. The van der Waals surface area contributed by atoms with Gasteiger partial charge in [0.05, 0.1) is 5.39 Å². The highest BCUT2D eigenvalue weighted by molar-refractivity contribution is 7.18. The number of unbranched alkanes of at least 4 members (excludes halogenated alkanes) is 3. The third kappa shape index (κ3) is 3.80. The first kappa shape index (κ1) is 15.0. The molecule has 0 saturated carbocycles. The summed E-state index contributed by atoms with van der Waals surface area (Å²) < 4.78 is 0. The van der Waals surface area contributed by atoms with Gasteiger partial charge in [0.1, 0.15) is 10.6 Å². The number of fused-ring (bicyclic) bond motifs is 1. The molecule has 6 heteroatoms. The van der Waals surface area contributed by atoms with Crippen molar-refractivity contribution in [2.24, 2.45) is 0 Å². The normalized spacial score (nSPS) is 10.9. The number of aryl methyl sites for hydroxylation is 1. The largest absolute Gasteiger partial charge is 0.396 e. The van der Waals surface area contributed by atoms with E-state index in [1.54, 1.807) is 11.3 Å². The highest BCUT2D eigenvalue weighted by Gasteiger charge is 2.09. The number of aromatic nitrogens is 2. The summed E-state index contributed by atoms with van der Waals surface area (Å²) in [6.07, 6.45) is 4.19. The summed E-state index contributed by atoms with van der Waals surface area (Å²) in [7, 11) is 1.83. The lowest BCUT2D eigenvalue weighted by Crippen LogP contribution is -2.06. The van der Waals surface area contributed by atoms with Gasteiger partial charge in [-0.25, -0.2) is 4.98 Å². The lowest BCUT2D eigenvalue weighted by Gasteiger charge is -2.08. The van der Waals surface area contributed by atoms with Crippen LogP contribution in [0.3, 0.4) is 0 Å². The SMILES string of the molecule is CNc1nc(NCCCCCCO)c2cc(C)sc2n1. The van der Waals surface area contributed by atoms with Crippen molar-refractivity contribution < 1.29 is 5.11 Å². The fourth-order valence-electron chi connectivity index (χ4n) is 2.09. The van der Waals surface area contributed by atoms with Gasteiger partial charge < -0.3 is 15.7 Å². The molecule has 0 aliphatic rings. The molecule has 0 fully saturated rings. The van der Waals surface area contributed by atoms with Crippen molar-refractivity contribution in [2.75, 3.05) is 30.8 Å². The molecule has 0 saturated heterocycles.